The Hall–Kier alpha value is -0.820. The van der Waals surface area contributed by atoms with E-state index in [4.69, 9.17) is 16.0 Å². The maximum atomic E-state index is 12.4. The number of hydrogen-bond acceptors (Lipinski definition) is 4. The summed E-state index contributed by atoms with van der Waals surface area (Å²) in [6.45, 7) is 4.10. The van der Waals surface area contributed by atoms with Crippen molar-refractivity contribution >= 4 is 44.8 Å². The van der Waals surface area contributed by atoms with Crippen molar-refractivity contribution in [2.24, 2.45) is 0 Å². The van der Waals surface area contributed by atoms with E-state index in [1.54, 1.807) is 17.4 Å². The molecule has 0 N–H and O–H groups in total. The van der Waals surface area contributed by atoms with E-state index in [2.05, 4.69) is 26.9 Å². The molecule has 0 unspecified atom stereocenters. The van der Waals surface area contributed by atoms with Gasteiger partial charge < -0.3 is 9.32 Å². The van der Waals surface area contributed by atoms with Crippen LogP contribution in [0.1, 0.15) is 15.2 Å². The van der Waals surface area contributed by atoms with Gasteiger partial charge >= 0.3 is 0 Å². The second kappa shape index (κ2) is 6.52. The maximum Gasteiger partial charge on any atom is 0.258 e. The number of carbonyl (C=O) groups excluding carboxylic acids is 1. The maximum absolute atomic E-state index is 12.4. The Morgan fingerprint density at radius 1 is 1.29 bits per heavy atom. The van der Waals surface area contributed by atoms with E-state index < -0.39 is 0 Å². The molecule has 1 amide bonds. The second-order valence-corrected chi connectivity index (χ2v) is 7.40. The fourth-order valence-electron chi connectivity index (χ4n) is 2.38. The molecule has 3 heterocycles. The fraction of sp³-hybridized carbons (Fsp3) is 0.357. The number of amides is 1. The molecule has 0 saturated carbocycles. The third kappa shape index (κ3) is 3.51. The van der Waals surface area contributed by atoms with E-state index in [9.17, 15) is 4.79 Å². The summed E-state index contributed by atoms with van der Waals surface area (Å²) >= 11 is 10.8. The predicted molar refractivity (Wildman–Crippen MR) is 86.9 cm³/mol. The summed E-state index contributed by atoms with van der Waals surface area (Å²) in [7, 11) is 0. The lowest BCUT2D eigenvalue weighted by atomic mass is 10.2. The van der Waals surface area contributed by atoms with Crippen LogP contribution in [-0.4, -0.2) is 41.9 Å². The SMILES string of the molecule is O=C(c1ccoc1Br)N1CCN(Cc2ccc(Cl)s2)CC1. The monoisotopic (exact) mass is 388 g/mol. The topological polar surface area (TPSA) is 36.7 Å². The molecule has 1 aliphatic rings. The third-order valence-electron chi connectivity index (χ3n) is 3.52. The van der Waals surface area contributed by atoms with Crippen molar-refractivity contribution in [3.05, 3.63) is 43.9 Å². The fourth-order valence-corrected chi connectivity index (χ4v) is 3.92. The molecule has 3 rings (SSSR count). The summed E-state index contributed by atoms with van der Waals surface area (Å²) < 4.78 is 6.45. The largest absolute Gasteiger partial charge is 0.457 e. The van der Waals surface area contributed by atoms with Gasteiger partial charge in [-0.3, -0.25) is 9.69 Å². The number of rotatable bonds is 3. The molecule has 21 heavy (non-hydrogen) atoms. The summed E-state index contributed by atoms with van der Waals surface area (Å²) in [5.41, 5.74) is 0.591. The molecule has 1 aliphatic heterocycles. The normalized spacial score (nSPS) is 16.4. The summed E-state index contributed by atoms with van der Waals surface area (Å²) in [4.78, 5) is 17.8. The molecule has 0 radical (unpaired) electrons. The minimum absolute atomic E-state index is 0.0226. The predicted octanol–water partition coefficient (Wildman–Crippen LogP) is 3.72. The molecule has 0 atom stereocenters. The zero-order chi connectivity index (χ0) is 14.8. The summed E-state index contributed by atoms with van der Waals surface area (Å²) in [5.74, 6) is 0.0226. The minimum atomic E-state index is 0.0226. The van der Waals surface area contributed by atoms with E-state index in [0.29, 0.717) is 10.2 Å². The molecule has 0 aromatic carbocycles. The average Bonchev–Trinajstić information content (AvgIpc) is 3.08. The number of carbonyl (C=O) groups is 1. The second-order valence-electron chi connectivity index (χ2n) is 4.88. The van der Waals surface area contributed by atoms with Crippen molar-refractivity contribution in [2.45, 2.75) is 6.54 Å². The molecule has 0 aliphatic carbocycles. The van der Waals surface area contributed by atoms with Crippen LogP contribution in [0.15, 0.2) is 33.5 Å². The third-order valence-corrected chi connectivity index (χ3v) is 5.35. The van der Waals surface area contributed by atoms with Crippen LogP contribution in [0.2, 0.25) is 4.34 Å². The first kappa shape index (κ1) is 15.1. The molecule has 1 fully saturated rings. The van der Waals surface area contributed by atoms with Crippen molar-refractivity contribution in [1.82, 2.24) is 9.80 Å². The Morgan fingerprint density at radius 3 is 2.62 bits per heavy atom. The van der Waals surface area contributed by atoms with Gasteiger partial charge in [0.05, 0.1) is 16.2 Å². The summed E-state index contributed by atoms with van der Waals surface area (Å²) in [6, 6.07) is 5.69. The van der Waals surface area contributed by atoms with Gasteiger partial charge in [-0.1, -0.05) is 11.6 Å². The van der Waals surface area contributed by atoms with Crippen molar-refractivity contribution in [3.8, 4) is 0 Å². The Bertz CT molecular complexity index is 634. The van der Waals surface area contributed by atoms with Gasteiger partial charge in [-0.05, 0) is 34.1 Å². The van der Waals surface area contributed by atoms with Crippen molar-refractivity contribution < 1.29 is 9.21 Å². The quantitative estimate of drug-likeness (QED) is 0.803. The van der Waals surface area contributed by atoms with E-state index >= 15 is 0 Å². The van der Waals surface area contributed by atoms with Crippen molar-refractivity contribution in [1.29, 1.82) is 0 Å². The van der Waals surface area contributed by atoms with Gasteiger partial charge in [0.15, 0.2) is 4.67 Å². The molecule has 112 valence electrons. The van der Waals surface area contributed by atoms with Gasteiger partial charge in [0, 0.05) is 37.6 Å². The van der Waals surface area contributed by atoms with E-state index in [1.165, 1.54) is 11.1 Å². The zero-order valence-corrected chi connectivity index (χ0v) is 14.4. The van der Waals surface area contributed by atoms with Crippen LogP contribution in [0, 0.1) is 0 Å². The number of hydrogen-bond donors (Lipinski definition) is 0. The van der Waals surface area contributed by atoms with E-state index in [-0.39, 0.29) is 5.91 Å². The highest BCUT2D eigenvalue weighted by molar-refractivity contribution is 9.10. The summed E-state index contributed by atoms with van der Waals surface area (Å²) in [5, 5.41) is 0. The van der Waals surface area contributed by atoms with E-state index in [0.717, 1.165) is 37.1 Å². The molecule has 7 heteroatoms. The first-order chi connectivity index (χ1) is 10.1. The number of halogens is 2. The molecule has 2 aromatic heterocycles. The lowest BCUT2D eigenvalue weighted by Crippen LogP contribution is -2.48. The molecule has 4 nitrogen and oxygen atoms in total. The molecular formula is C14H14BrClN2O2S. The standard InChI is InChI=1S/C14H14BrClN2O2S/c15-13-11(3-8-20-13)14(19)18-6-4-17(5-7-18)9-10-1-2-12(16)21-10/h1-3,8H,4-7,9H2. The van der Waals surface area contributed by atoms with Crippen molar-refractivity contribution in [2.75, 3.05) is 26.2 Å². The average molecular weight is 390 g/mol. The van der Waals surface area contributed by atoms with E-state index in [1.807, 2.05) is 11.0 Å². The van der Waals surface area contributed by atoms with Crippen LogP contribution >= 0.6 is 38.9 Å². The highest BCUT2D eigenvalue weighted by Gasteiger charge is 2.24. The number of piperazine rings is 1. The van der Waals surface area contributed by atoms with Gasteiger partial charge in [-0.25, -0.2) is 0 Å². The Balaban J connectivity index is 1.55. The van der Waals surface area contributed by atoms with Gasteiger partial charge in [0.1, 0.15) is 0 Å². The van der Waals surface area contributed by atoms with Crippen molar-refractivity contribution in [3.63, 3.8) is 0 Å². The van der Waals surface area contributed by atoms with Crippen LogP contribution in [0.5, 0.6) is 0 Å². The molecule has 0 bridgehead atoms. The molecule has 2 aromatic rings. The summed E-state index contributed by atoms with van der Waals surface area (Å²) in [6.07, 6.45) is 1.52. The van der Waals surface area contributed by atoms with Gasteiger partial charge in [0.2, 0.25) is 0 Å². The minimum Gasteiger partial charge on any atom is -0.457 e. The zero-order valence-electron chi connectivity index (χ0n) is 11.2. The number of furan rings is 1. The van der Waals surface area contributed by atoms with Crippen LogP contribution < -0.4 is 0 Å². The lowest BCUT2D eigenvalue weighted by Gasteiger charge is -2.34. The molecule has 0 spiro atoms. The van der Waals surface area contributed by atoms with Crippen LogP contribution in [0.4, 0.5) is 0 Å². The van der Waals surface area contributed by atoms with Crippen LogP contribution in [-0.2, 0) is 6.54 Å². The molecule has 1 saturated heterocycles. The highest BCUT2D eigenvalue weighted by Crippen LogP contribution is 2.24. The Morgan fingerprint density at radius 2 is 2.05 bits per heavy atom. The lowest BCUT2D eigenvalue weighted by molar-refractivity contribution is 0.0627. The first-order valence-electron chi connectivity index (χ1n) is 6.62. The smallest absolute Gasteiger partial charge is 0.258 e. The van der Waals surface area contributed by atoms with Gasteiger partial charge in [0.25, 0.3) is 5.91 Å². The van der Waals surface area contributed by atoms with Gasteiger partial charge in [-0.2, -0.15) is 0 Å². The Kier molecular flexibility index (Phi) is 4.69. The Labute approximate surface area is 140 Å². The number of thiophene rings is 1. The van der Waals surface area contributed by atoms with Gasteiger partial charge in [-0.15, -0.1) is 11.3 Å². The van der Waals surface area contributed by atoms with Crippen LogP contribution in [0.25, 0.3) is 0 Å². The number of nitrogens with zero attached hydrogens (tertiary/aromatic N) is 2. The van der Waals surface area contributed by atoms with Crippen LogP contribution in [0.3, 0.4) is 0 Å². The molecular weight excluding hydrogens is 376 g/mol. The first-order valence-corrected chi connectivity index (χ1v) is 8.61. The highest BCUT2D eigenvalue weighted by atomic mass is 79.9.